The van der Waals surface area contributed by atoms with Gasteiger partial charge in [0.15, 0.2) is 0 Å². The Kier molecular flexibility index (Phi) is 2.74. The molecule has 0 radical (unpaired) electrons. The van der Waals surface area contributed by atoms with Crippen LogP contribution in [0.1, 0.15) is 5.82 Å². The molecule has 0 atom stereocenters. The van der Waals surface area contributed by atoms with Crippen LogP contribution < -0.4 is 5.73 Å². The molecule has 0 amide bonds. The minimum atomic E-state index is 0.360. The van der Waals surface area contributed by atoms with Gasteiger partial charge < -0.3 is 5.73 Å². The van der Waals surface area contributed by atoms with Gasteiger partial charge in [0.05, 0.1) is 12.2 Å². The Labute approximate surface area is 105 Å². The highest BCUT2D eigenvalue weighted by molar-refractivity contribution is 5.95. The van der Waals surface area contributed by atoms with Crippen LogP contribution in [-0.2, 0) is 6.54 Å². The minimum absolute atomic E-state index is 0.360. The summed E-state index contributed by atoms with van der Waals surface area (Å²) in [5.41, 5.74) is 7.62. The zero-order chi connectivity index (χ0) is 12.4. The smallest absolute Gasteiger partial charge is 0.142 e. The topological polar surface area (TPSA) is 51.8 Å². The molecule has 0 bridgehead atoms. The quantitative estimate of drug-likeness (QED) is 0.743. The number of fused-ring (bicyclic) bond motifs is 1. The Balaban J connectivity index is 2.24. The SMILES string of the molecule is NCc1nccc(-c2cccc3ccccc23)n1. The van der Waals surface area contributed by atoms with Crippen molar-refractivity contribution >= 4 is 10.8 Å². The molecule has 0 aliphatic heterocycles. The largest absolute Gasteiger partial charge is 0.324 e. The third kappa shape index (κ3) is 1.85. The van der Waals surface area contributed by atoms with Gasteiger partial charge >= 0.3 is 0 Å². The number of nitrogens with zero attached hydrogens (tertiary/aromatic N) is 2. The second kappa shape index (κ2) is 4.55. The van der Waals surface area contributed by atoms with Crippen molar-refractivity contribution in [1.29, 1.82) is 0 Å². The fourth-order valence-corrected chi connectivity index (χ4v) is 2.10. The average molecular weight is 235 g/mol. The van der Waals surface area contributed by atoms with Crippen LogP contribution in [0.5, 0.6) is 0 Å². The third-order valence-electron chi connectivity index (χ3n) is 2.95. The first-order valence-electron chi connectivity index (χ1n) is 5.88. The van der Waals surface area contributed by atoms with E-state index < -0.39 is 0 Å². The Hall–Kier alpha value is -2.26. The van der Waals surface area contributed by atoms with Crippen LogP contribution in [0.3, 0.4) is 0 Å². The van der Waals surface area contributed by atoms with Gasteiger partial charge in [-0.15, -0.1) is 0 Å². The average Bonchev–Trinajstić information content (AvgIpc) is 2.47. The van der Waals surface area contributed by atoms with Gasteiger partial charge in [-0.25, -0.2) is 9.97 Å². The molecular formula is C15H13N3. The molecule has 88 valence electrons. The van der Waals surface area contributed by atoms with Crippen LogP contribution in [0.15, 0.2) is 54.7 Å². The van der Waals surface area contributed by atoms with Crippen molar-refractivity contribution in [1.82, 2.24) is 9.97 Å². The third-order valence-corrected chi connectivity index (χ3v) is 2.95. The first-order valence-corrected chi connectivity index (χ1v) is 5.88. The molecule has 0 saturated carbocycles. The summed E-state index contributed by atoms with van der Waals surface area (Å²) in [6.45, 7) is 0.360. The highest BCUT2D eigenvalue weighted by atomic mass is 14.9. The molecule has 1 heterocycles. The molecule has 3 rings (SSSR count). The summed E-state index contributed by atoms with van der Waals surface area (Å²) in [4.78, 5) is 8.60. The fourth-order valence-electron chi connectivity index (χ4n) is 2.10. The number of aromatic nitrogens is 2. The molecule has 3 aromatic rings. The predicted octanol–water partition coefficient (Wildman–Crippen LogP) is 2.76. The van der Waals surface area contributed by atoms with Gasteiger partial charge in [0.1, 0.15) is 5.82 Å². The van der Waals surface area contributed by atoms with Crippen molar-refractivity contribution in [3.05, 3.63) is 60.6 Å². The summed E-state index contributed by atoms with van der Waals surface area (Å²) in [5, 5.41) is 2.41. The summed E-state index contributed by atoms with van der Waals surface area (Å²) in [6, 6.07) is 16.4. The zero-order valence-electron chi connectivity index (χ0n) is 9.88. The van der Waals surface area contributed by atoms with Gasteiger partial charge in [0, 0.05) is 11.8 Å². The molecule has 0 unspecified atom stereocenters. The number of hydrogen-bond acceptors (Lipinski definition) is 3. The van der Waals surface area contributed by atoms with Gasteiger partial charge in [-0.05, 0) is 16.8 Å². The molecule has 3 heteroatoms. The van der Waals surface area contributed by atoms with Crippen molar-refractivity contribution in [2.75, 3.05) is 0 Å². The van der Waals surface area contributed by atoms with E-state index in [1.807, 2.05) is 24.3 Å². The van der Waals surface area contributed by atoms with Gasteiger partial charge in [0.25, 0.3) is 0 Å². The van der Waals surface area contributed by atoms with E-state index in [1.165, 1.54) is 10.8 Å². The number of rotatable bonds is 2. The van der Waals surface area contributed by atoms with E-state index in [9.17, 15) is 0 Å². The Morgan fingerprint density at radius 2 is 1.78 bits per heavy atom. The van der Waals surface area contributed by atoms with Gasteiger partial charge in [-0.1, -0.05) is 42.5 Å². The van der Waals surface area contributed by atoms with Crippen LogP contribution in [0.4, 0.5) is 0 Å². The Bertz CT molecular complexity index is 687. The lowest BCUT2D eigenvalue weighted by molar-refractivity contribution is 0.912. The summed E-state index contributed by atoms with van der Waals surface area (Å²) in [5.74, 6) is 0.667. The van der Waals surface area contributed by atoms with Crippen LogP contribution >= 0.6 is 0 Å². The first-order chi connectivity index (χ1) is 8.88. The van der Waals surface area contributed by atoms with E-state index in [2.05, 4.69) is 34.2 Å². The molecule has 0 spiro atoms. The Morgan fingerprint density at radius 3 is 2.67 bits per heavy atom. The van der Waals surface area contributed by atoms with E-state index in [0.717, 1.165) is 11.3 Å². The lowest BCUT2D eigenvalue weighted by Gasteiger charge is -2.06. The van der Waals surface area contributed by atoms with Crippen molar-refractivity contribution in [3.8, 4) is 11.3 Å². The molecule has 18 heavy (non-hydrogen) atoms. The summed E-state index contributed by atoms with van der Waals surface area (Å²) < 4.78 is 0. The van der Waals surface area contributed by atoms with E-state index >= 15 is 0 Å². The molecule has 2 N–H and O–H groups in total. The molecule has 0 saturated heterocycles. The van der Waals surface area contributed by atoms with Crippen LogP contribution in [0.2, 0.25) is 0 Å². The normalized spacial score (nSPS) is 10.7. The summed E-state index contributed by atoms with van der Waals surface area (Å²) in [7, 11) is 0. The second-order valence-corrected chi connectivity index (χ2v) is 4.09. The van der Waals surface area contributed by atoms with Gasteiger partial charge in [0.2, 0.25) is 0 Å². The second-order valence-electron chi connectivity index (χ2n) is 4.09. The zero-order valence-corrected chi connectivity index (χ0v) is 9.88. The highest BCUT2D eigenvalue weighted by Crippen LogP contribution is 2.26. The van der Waals surface area contributed by atoms with E-state index in [-0.39, 0.29) is 0 Å². The maximum Gasteiger partial charge on any atom is 0.142 e. The lowest BCUT2D eigenvalue weighted by atomic mass is 10.0. The van der Waals surface area contributed by atoms with Crippen LogP contribution in [0, 0.1) is 0 Å². The summed E-state index contributed by atoms with van der Waals surface area (Å²) in [6.07, 6.45) is 1.76. The molecule has 0 fully saturated rings. The van der Waals surface area contributed by atoms with E-state index in [4.69, 9.17) is 5.73 Å². The van der Waals surface area contributed by atoms with Crippen molar-refractivity contribution in [2.24, 2.45) is 5.73 Å². The number of nitrogens with two attached hydrogens (primary N) is 1. The standard InChI is InChI=1S/C15H13N3/c16-10-15-17-9-8-14(18-15)13-7-3-5-11-4-1-2-6-12(11)13/h1-9H,10,16H2. The van der Waals surface area contributed by atoms with Crippen LogP contribution in [0.25, 0.3) is 22.0 Å². The number of benzene rings is 2. The fraction of sp³-hybridized carbons (Fsp3) is 0.0667. The highest BCUT2D eigenvalue weighted by Gasteiger charge is 2.05. The lowest BCUT2D eigenvalue weighted by Crippen LogP contribution is -2.03. The summed E-state index contributed by atoms with van der Waals surface area (Å²) >= 11 is 0. The molecule has 3 nitrogen and oxygen atoms in total. The maximum absolute atomic E-state index is 5.58. The van der Waals surface area contributed by atoms with Crippen LogP contribution in [-0.4, -0.2) is 9.97 Å². The molecule has 2 aromatic carbocycles. The molecular weight excluding hydrogens is 222 g/mol. The van der Waals surface area contributed by atoms with Crippen molar-refractivity contribution < 1.29 is 0 Å². The number of hydrogen-bond donors (Lipinski definition) is 1. The molecule has 0 aliphatic rings. The maximum atomic E-state index is 5.58. The van der Waals surface area contributed by atoms with Gasteiger partial charge in [-0.2, -0.15) is 0 Å². The van der Waals surface area contributed by atoms with E-state index in [1.54, 1.807) is 6.20 Å². The first kappa shape index (κ1) is 10.9. The Morgan fingerprint density at radius 1 is 0.944 bits per heavy atom. The van der Waals surface area contributed by atoms with E-state index in [0.29, 0.717) is 12.4 Å². The molecule has 1 aromatic heterocycles. The minimum Gasteiger partial charge on any atom is -0.324 e. The molecule has 0 aliphatic carbocycles. The van der Waals surface area contributed by atoms with Gasteiger partial charge in [-0.3, -0.25) is 0 Å². The van der Waals surface area contributed by atoms with Crippen molar-refractivity contribution in [2.45, 2.75) is 6.54 Å². The van der Waals surface area contributed by atoms with Crippen molar-refractivity contribution in [3.63, 3.8) is 0 Å². The predicted molar refractivity (Wildman–Crippen MR) is 72.9 cm³/mol. The monoisotopic (exact) mass is 235 g/mol.